The van der Waals surface area contributed by atoms with Crippen molar-refractivity contribution < 1.29 is 0 Å². The zero-order chi connectivity index (χ0) is 15.1. The molecule has 114 valence electrons. The minimum atomic E-state index is 0.330. The number of halogens is 1. The first kappa shape index (κ1) is 16.6. The maximum Gasteiger partial charge on any atom is 0.0587 e. The van der Waals surface area contributed by atoms with Crippen molar-refractivity contribution in [2.45, 2.75) is 37.8 Å². The molecule has 1 heterocycles. The molecular weight excluding hydrogens is 346 g/mol. The van der Waals surface area contributed by atoms with Gasteiger partial charge in [0.05, 0.1) is 11.7 Å². The predicted molar refractivity (Wildman–Crippen MR) is 93.8 cm³/mol. The fourth-order valence-electron chi connectivity index (χ4n) is 2.21. The smallest absolute Gasteiger partial charge is 0.0587 e. The number of hydrogen-bond donors (Lipinski definition) is 1. The molecular formula is C16H22BrN3S. The fourth-order valence-corrected chi connectivity index (χ4v) is 3.79. The largest absolute Gasteiger partial charge is 0.308 e. The minimum Gasteiger partial charge on any atom is -0.308 e. The first-order valence-electron chi connectivity index (χ1n) is 7.38. The molecule has 1 unspecified atom stereocenters. The van der Waals surface area contributed by atoms with Gasteiger partial charge in [-0.2, -0.15) is 5.10 Å². The second-order valence-electron chi connectivity index (χ2n) is 4.85. The highest BCUT2D eigenvalue weighted by atomic mass is 79.9. The van der Waals surface area contributed by atoms with Crippen LogP contribution in [0.3, 0.4) is 0 Å². The van der Waals surface area contributed by atoms with Crippen LogP contribution in [0.5, 0.6) is 0 Å². The molecule has 5 heteroatoms. The third-order valence-electron chi connectivity index (χ3n) is 3.26. The van der Waals surface area contributed by atoms with Crippen LogP contribution in [0.2, 0.25) is 0 Å². The second kappa shape index (κ2) is 8.61. The molecule has 1 aromatic heterocycles. The number of rotatable bonds is 8. The Kier molecular flexibility index (Phi) is 6.80. The van der Waals surface area contributed by atoms with Gasteiger partial charge in [0, 0.05) is 27.9 Å². The fraction of sp³-hybridized carbons (Fsp3) is 0.438. The number of nitrogens with one attached hydrogen (secondary N) is 1. The van der Waals surface area contributed by atoms with Crippen LogP contribution >= 0.6 is 27.7 Å². The lowest BCUT2D eigenvalue weighted by molar-refractivity contribution is 0.514. The van der Waals surface area contributed by atoms with Crippen LogP contribution in [0.25, 0.3) is 0 Å². The molecule has 0 saturated heterocycles. The molecule has 0 saturated carbocycles. The Hall–Kier alpha value is -0.780. The van der Waals surface area contributed by atoms with Crippen molar-refractivity contribution in [3.05, 3.63) is 46.7 Å². The van der Waals surface area contributed by atoms with Gasteiger partial charge in [-0.25, -0.2) is 0 Å². The van der Waals surface area contributed by atoms with E-state index in [1.165, 1.54) is 10.6 Å². The normalized spacial score (nSPS) is 12.5. The quantitative estimate of drug-likeness (QED) is 0.696. The summed E-state index contributed by atoms with van der Waals surface area (Å²) < 4.78 is 3.21. The third-order valence-corrected chi connectivity index (χ3v) is 4.84. The van der Waals surface area contributed by atoms with E-state index < -0.39 is 0 Å². The molecule has 0 aliphatic rings. The molecule has 1 N–H and O–H groups in total. The van der Waals surface area contributed by atoms with Crippen molar-refractivity contribution in [2.75, 3.05) is 12.3 Å². The van der Waals surface area contributed by atoms with E-state index in [9.17, 15) is 0 Å². The second-order valence-corrected chi connectivity index (χ2v) is 6.86. The Morgan fingerprint density at radius 3 is 2.90 bits per heavy atom. The Morgan fingerprint density at radius 2 is 2.19 bits per heavy atom. The maximum absolute atomic E-state index is 4.39. The topological polar surface area (TPSA) is 29.9 Å². The SMILES string of the molecule is CCCNC(CSc1cccc(Br)c1)c1ccnn1CC. The van der Waals surface area contributed by atoms with Gasteiger partial charge >= 0.3 is 0 Å². The van der Waals surface area contributed by atoms with E-state index in [0.29, 0.717) is 6.04 Å². The number of hydrogen-bond acceptors (Lipinski definition) is 3. The van der Waals surface area contributed by atoms with E-state index in [0.717, 1.165) is 29.7 Å². The summed E-state index contributed by atoms with van der Waals surface area (Å²) in [5.74, 6) is 1.00. The minimum absolute atomic E-state index is 0.330. The van der Waals surface area contributed by atoms with Crippen LogP contribution < -0.4 is 5.32 Å². The zero-order valence-corrected chi connectivity index (χ0v) is 15.0. The lowest BCUT2D eigenvalue weighted by atomic mass is 10.2. The van der Waals surface area contributed by atoms with E-state index >= 15 is 0 Å². The molecule has 0 aliphatic heterocycles. The van der Waals surface area contributed by atoms with Gasteiger partial charge < -0.3 is 5.32 Å². The molecule has 0 fully saturated rings. The summed E-state index contributed by atoms with van der Waals surface area (Å²) in [6, 6.07) is 10.9. The van der Waals surface area contributed by atoms with E-state index in [-0.39, 0.29) is 0 Å². The Morgan fingerprint density at radius 1 is 1.33 bits per heavy atom. The van der Waals surface area contributed by atoms with Crippen LogP contribution in [0, 0.1) is 0 Å². The van der Waals surface area contributed by atoms with Crippen LogP contribution in [-0.4, -0.2) is 22.1 Å². The van der Waals surface area contributed by atoms with Gasteiger partial charge in [-0.15, -0.1) is 11.8 Å². The van der Waals surface area contributed by atoms with Crippen molar-refractivity contribution in [1.82, 2.24) is 15.1 Å². The summed E-state index contributed by atoms with van der Waals surface area (Å²) in [5.41, 5.74) is 1.27. The maximum atomic E-state index is 4.39. The number of benzene rings is 1. The van der Waals surface area contributed by atoms with E-state index in [4.69, 9.17) is 0 Å². The van der Waals surface area contributed by atoms with Gasteiger partial charge in [0.1, 0.15) is 0 Å². The Balaban J connectivity index is 2.06. The molecule has 0 aliphatic carbocycles. The van der Waals surface area contributed by atoms with E-state index in [2.05, 4.69) is 75.2 Å². The monoisotopic (exact) mass is 367 g/mol. The molecule has 0 bridgehead atoms. The highest BCUT2D eigenvalue weighted by molar-refractivity contribution is 9.10. The summed E-state index contributed by atoms with van der Waals surface area (Å²) in [5, 5.41) is 8.03. The summed E-state index contributed by atoms with van der Waals surface area (Å²) in [4.78, 5) is 1.29. The Bertz CT molecular complexity index is 556. The number of aryl methyl sites for hydroxylation is 1. The summed E-state index contributed by atoms with van der Waals surface area (Å²) in [7, 11) is 0. The van der Waals surface area contributed by atoms with Crippen molar-refractivity contribution in [2.24, 2.45) is 0 Å². The average Bonchev–Trinajstić information content (AvgIpc) is 2.96. The Labute approximate surface area is 139 Å². The lowest BCUT2D eigenvalue weighted by Gasteiger charge is -2.19. The zero-order valence-electron chi connectivity index (χ0n) is 12.6. The van der Waals surface area contributed by atoms with Gasteiger partial charge in [-0.05, 0) is 44.2 Å². The highest BCUT2D eigenvalue weighted by Crippen LogP contribution is 2.26. The first-order chi connectivity index (χ1) is 10.2. The molecule has 2 aromatic rings. The third kappa shape index (κ3) is 4.87. The van der Waals surface area contributed by atoms with Gasteiger partial charge in [0.25, 0.3) is 0 Å². The standard InChI is InChI=1S/C16H22BrN3S/c1-3-9-18-15(16-8-10-19-20(16)4-2)12-21-14-7-5-6-13(17)11-14/h5-8,10-11,15,18H,3-4,9,12H2,1-2H3. The summed E-state index contributed by atoms with van der Waals surface area (Å²) in [6.07, 6.45) is 3.03. The average molecular weight is 368 g/mol. The lowest BCUT2D eigenvalue weighted by Crippen LogP contribution is -2.26. The van der Waals surface area contributed by atoms with E-state index in [1.54, 1.807) is 0 Å². The van der Waals surface area contributed by atoms with Crippen molar-refractivity contribution in [3.63, 3.8) is 0 Å². The van der Waals surface area contributed by atoms with Crippen LogP contribution in [0.4, 0.5) is 0 Å². The highest BCUT2D eigenvalue weighted by Gasteiger charge is 2.15. The molecule has 3 nitrogen and oxygen atoms in total. The van der Waals surface area contributed by atoms with Crippen LogP contribution in [0.15, 0.2) is 45.9 Å². The van der Waals surface area contributed by atoms with Gasteiger partial charge in [0.15, 0.2) is 0 Å². The van der Waals surface area contributed by atoms with Gasteiger partial charge in [0.2, 0.25) is 0 Å². The molecule has 0 amide bonds. The molecule has 1 atom stereocenters. The number of aromatic nitrogens is 2. The van der Waals surface area contributed by atoms with E-state index in [1.807, 2.05) is 18.0 Å². The van der Waals surface area contributed by atoms with Crippen molar-refractivity contribution in [1.29, 1.82) is 0 Å². The van der Waals surface area contributed by atoms with Gasteiger partial charge in [-0.3, -0.25) is 4.68 Å². The van der Waals surface area contributed by atoms with Gasteiger partial charge in [-0.1, -0.05) is 28.9 Å². The van der Waals surface area contributed by atoms with Crippen molar-refractivity contribution in [3.8, 4) is 0 Å². The molecule has 0 spiro atoms. The predicted octanol–water partition coefficient (Wildman–Crippen LogP) is 4.50. The van der Waals surface area contributed by atoms with Crippen molar-refractivity contribution >= 4 is 27.7 Å². The molecule has 0 radical (unpaired) electrons. The number of nitrogens with zero attached hydrogens (tertiary/aromatic N) is 2. The molecule has 21 heavy (non-hydrogen) atoms. The first-order valence-corrected chi connectivity index (χ1v) is 9.16. The van der Waals surface area contributed by atoms with Crippen LogP contribution in [0.1, 0.15) is 32.0 Å². The summed E-state index contributed by atoms with van der Waals surface area (Å²) >= 11 is 5.41. The van der Waals surface area contributed by atoms with Crippen LogP contribution in [-0.2, 0) is 6.54 Å². The molecule has 2 rings (SSSR count). The summed E-state index contributed by atoms with van der Waals surface area (Å²) in [6.45, 7) is 6.27. The number of thioether (sulfide) groups is 1. The molecule has 1 aromatic carbocycles.